The Kier molecular flexibility index (Phi) is 5.77. The fraction of sp³-hybridized carbons (Fsp3) is 0.545. The van der Waals surface area contributed by atoms with Crippen LogP contribution in [0.5, 0.6) is 0 Å². The number of imidazole rings is 1. The zero-order valence-electron chi connectivity index (χ0n) is 19.1. The molecule has 1 atom stereocenters. The summed E-state index contributed by atoms with van der Waals surface area (Å²) in [6, 6.07) is 7.63. The predicted molar refractivity (Wildman–Crippen MR) is 115 cm³/mol. The highest BCUT2D eigenvalue weighted by molar-refractivity contribution is 6.62. The molecule has 0 N–H and O–H groups in total. The van der Waals surface area contributed by atoms with Crippen LogP contribution in [0, 0.1) is 0 Å². The van der Waals surface area contributed by atoms with Gasteiger partial charge < -0.3 is 23.3 Å². The van der Waals surface area contributed by atoms with Gasteiger partial charge in [0.25, 0.3) is 0 Å². The summed E-state index contributed by atoms with van der Waals surface area (Å²) in [6.45, 7) is 13.5. The van der Waals surface area contributed by atoms with Gasteiger partial charge in [0.05, 0.1) is 11.2 Å². The third-order valence-corrected chi connectivity index (χ3v) is 5.46. The van der Waals surface area contributed by atoms with Crippen LogP contribution in [0.4, 0.5) is 4.79 Å². The molecule has 0 aliphatic carbocycles. The van der Waals surface area contributed by atoms with Crippen molar-refractivity contribution >= 4 is 18.7 Å². The van der Waals surface area contributed by atoms with Crippen molar-refractivity contribution in [3.05, 3.63) is 48.0 Å². The van der Waals surface area contributed by atoms with Crippen molar-refractivity contribution in [1.82, 2.24) is 9.55 Å². The monoisotopic (exact) mass is 414 g/mol. The molecular weight excluding hydrogens is 383 g/mol. The molecule has 0 amide bonds. The third kappa shape index (κ3) is 4.70. The van der Waals surface area contributed by atoms with Gasteiger partial charge in [0, 0.05) is 25.0 Å². The van der Waals surface area contributed by atoms with E-state index >= 15 is 0 Å². The van der Waals surface area contributed by atoms with E-state index in [9.17, 15) is 4.79 Å². The van der Waals surface area contributed by atoms with E-state index in [-0.39, 0.29) is 0 Å². The first-order chi connectivity index (χ1) is 13.8. The summed E-state index contributed by atoms with van der Waals surface area (Å²) >= 11 is 0. The van der Waals surface area contributed by atoms with Gasteiger partial charge in [-0.05, 0) is 53.9 Å². The van der Waals surface area contributed by atoms with Gasteiger partial charge in [-0.2, -0.15) is 0 Å². The lowest BCUT2D eigenvalue weighted by atomic mass is 9.78. The first-order valence-electron chi connectivity index (χ1n) is 10.1. The second-order valence-electron chi connectivity index (χ2n) is 9.61. The van der Waals surface area contributed by atoms with E-state index in [0.29, 0.717) is 5.82 Å². The van der Waals surface area contributed by atoms with Crippen molar-refractivity contribution in [2.45, 2.75) is 71.4 Å². The number of ether oxygens (including phenoxy) is 2. The normalized spacial score (nSPS) is 18.9. The summed E-state index contributed by atoms with van der Waals surface area (Å²) in [5.41, 5.74) is 0.199. The minimum atomic E-state index is -0.745. The number of hydrogen-bond acceptors (Lipinski definition) is 6. The van der Waals surface area contributed by atoms with Crippen LogP contribution in [-0.4, -0.2) is 39.6 Å². The predicted octanol–water partition coefficient (Wildman–Crippen LogP) is 3.76. The van der Waals surface area contributed by atoms with Gasteiger partial charge in [-0.25, -0.2) is 9.78 Å². The molecule has 1 saturated heterocycles. The molecule has 3 rings (SSSR count). The van der Waals surface area contributed by atoms with E-state index in [4.69, 9.17) is 18.8 Å². The number of aromatic nitrogens is 2. The fourth-order valence-electron chi connectivity index (χ4n) is 3.08. The molecule has 0 saturated carbocycles. The van der Waals surface area contributed by atoms with Crippen LogP contribution in [0.3, 0.4) is 0 Å². The SMILES string of the molecule is Cn1ccnc1[C@@H](OC(=O)OC(C)(C)C)c1ccc(B2OC(C)(C)C(C)(C)O2)cc1. The van der Waals surface area contributed by atoms with Crippen molar-refractivity contribution in [1.29, 1.82) is 0 Å². The van der Waals surface area contributed by atoms with Crippen molar-refractivity contribution in [2.75, 3.05) is 0 Å². The molecule has 1 aromatic carbocycles. The van der Waals surface area contributed by atoms with Crippen LogP contribution in [0.2, 0.25) is 0 Å². The molecule has 2 aromatic rings. The molecule has 0 spiro atoms. The van der Waals surface area contributed by atoms with Gasteiger partial charge in [0.15, 0.2) is 11.9 Å². The summed E-state index contributed by atoms with van der Waals surface area (Å²) in [5, 5.41) is 0. The topological polar surface area (TPSA) is 71.8 Å². The lowest BCUT2D eigenvalue weighted by Gasteiger charge is -2.32. The second-order valence-corrected chi connectivity index (χ2v) is 9.61. The highest BCUT2D eigenvalue weighted by Crippen LogP contribution is 2.36. The Hall–Kier alpha value is -2.32. The van der Waals surface area contributed by atoms with E-state index in [0.717, 1.165) is 11.0 Å². The third-order valence-electron chi connectivity index (χ3n) is 5.46. The molecule has 7 nitrogen and oxygen atoms in total. The van der Waals surface area contributed by atoms with Gasteiger partial charge >= 0.3 is 13.3 Å². The van der Waals surface area contributed by atoms with Crippen LogP contribution in [-0.2, 0) is 25.8 Å². The summed E-state index contributed by atoms with van der Waals surface area (Å²) < 4.78 is 25.1. The molecule has 2 heterocycles. The average Bonchev–Trinajstić information content (AvgIpc) is 3.11. The quantitative estimate of drug-likeness (QED) is 0.561. The Morgan fingerprint density at radius 3 is 2.13 bits per heavy atom. The lowest BCUT2D eigenvalue weighted by Crippen LogP contribution is -2.41. The molecule has 0 radical (unpaired) electrons. The van der Waals surface area contributed by atoms with E-state index in [2.05, 4.69) is 4.98 Å². The maximum absolute atomic E-state index is 12.3. The average molecular weight is 414 g/mol. The highest BCUT2D eigenvalue weighted by atomic mass is 16.7. The van der Waals surface area contributed by atoms with E-state index < -0.39 is 36.2 Å². The van der Waals surface area contributed by atoms with Gasteiger partial charge in [-0.3, -0.25) is 0 Å². The number of benzene rings is 1. The van der Waals surface area contributed by atoms with Crippen LogP contribution in [0.25, 0.3) is 0 Å². The molecule has 162 valence electrons. The minimum Gasteiger partial charge on any atom is -0.429 e. The van der Waals surface area contributed by atoms with Crippen LogP contribution in [0.1, 0.15) is 66.0 Å². The van der Waals surface area contributed by atoms with Crippen molar-refractivity contribution in [2.24, 2.45) is 7.05 Å². The standard InChI is InChI=1S/C22H31BN2O5/c1-20(2,3)28-19(26)27-17(18-24-13-14-25(18)8)15-9-11-16(12-10-15)23-29-21(4,5)22(6,7)30-23/h9-14,17H,1-8H3/t17-/m0/s1. The molecule has 30 heavy (non-hydrogen) atoms. The van der Waals surface area contributed by atoms with Crippen LogP contribution < -0.4 is 5.46 Å². The van der Waals surface area contributed by atoms with Gasteiger partial charge in [-0.15, -0.1) is 0 Å². The molecule has 0 unspecified atom stereocenters. The van der Waals surface area contributed by atoms with Crippen LogP contribution >= 0.6 is 0 Å². The van der Waals surface area contributed by atoms with Crippen LogP contribution in [0.15, 0.2) is 36.7 Å². The maximum Gasteiger partial charge on any atom is 0.509 e. The Morgan fingerprint density at radius 2 is 1.67 bits per heavy atom. The van der Waals surface area contributed by atoms with E-state index in [1.807, 2.05) is 63.6 Å². The zero-order valence-corrected chi connectivity index (χ0v) is 19.1. The molecule has 1 aliphatic rings. The number of carbonyl (C=O) groups is 1. The molecule has 0 bridgehead atoms. The molecule has 8 heteroatoms. The summed E-state index contributed by atoms with van der Waals surface area (Å²) in [5.74, 6) is 0.601. The largest absolute Gasteiger partial charge is 0.509 e. The van der Waals surface area contributed by atoms with Gasteiger partial charge in [0.2, 0.25) is 0 Å². The Balaban J connectivity index is 1.84. The van der Waals surface area contributed by atoms with E-state index in [1.54, 1.807) is 33.2 Å². The molecule has 1 aromatic heterocycles. The second kappa shape index (κ2) is 7.74. The summed E-state index contributed by atoms with van der Waals surface area (Å²) in [7, 11) is 1.40. The van der Waals surface area contributed by atoms with Crippen molar-refractivity contribution in [3.63, 3.8) is 0 Å². The van der Waals surface area contributed by atoms with E-state index in [1.165, 1.54) is 0 Å². The maximum atomic E-state index is 12.3. The first kappa shape index (κ1) is 22.4. The van der Waals surface area contributed by atoms with Crippen molar-refractivity contribution < 1.29 is 23.6 Å². The first-order valence-corrected chi connectivity index (χ1v) is 10.1. The Labute approximate surface area is 178 Å². The fourth-order valence-corrected chi connectivity index (χ4v) is 3.08. The molecular formula is C22H31BN2O5. The number of nitrogens with zero attached hydrogens (tertiary/aromatic N) is 2. The Morgan fingerprint density at radius 1 is 1.10 bits per heavy atom. The molecule has 1 fully saturated rings. The number of carbonyl (C=O) groups excluding carboxylic acids is 1. The minimum absolute atomic E-state index is 0.411. The smallest absolute Gasteiger partial charge is 0.429 e. The summed E-state index contributed by atoms with van der Waals surface area (Å²) in [6.07, 6.45) is 2.02. The van der Waals surface area contributed by atoms with Gasteiger partial charge in [0.1, 0.15) is 5.60 Å². The number of hydrogen-bond donors (Lipinski definition) is 0. The summed E-state index contributed by atoms with van der Waals surface area (Å²) in [4.78, 5) is 16.7. The Bertz CT molecular complexity index is 883. The lowest BCUT2D eigenvalue weighted by molar-refractivity contribution is -0.0218. The highest BCUT2D eigenvalue weighted by Gasteiger charge is 2.51. The zero-order chi connectivity index (χ0) is 22.3. The number of aryl methyl sites for hydroxylation is 1. The van der Waals surface area contributed by atoms with Crippen molar-refractivity contribution in [3.8, 4) is 0 Å². The van der Waals surface area contributed by atoms with Gasteiger partial charge in [-0.1, -0.05) is 24.3 Å². The number of rotatable bonds is 4. The molecule has 1 aliphatic heterocycles.